The summed E-state index contributed by atoms with van der Waals surface area (Å²) in [6, 6.07) is 5.08. The fourth-order valence-corrected chi connectivity index (χ4v) is 1.66. The van der Waals surface area contributed by atoms with Crippen LogP contribution in [-0.4, -0.2) is 16.9 Å². The van der Waals surface area contributed by atoms with Gasteiger partial charge in [-0.2, -0.15) is 18.3 Å². The highest BCUT2D eigenvalue weighted by Crippen LogP contribution is 2.34. The van der Waals surface area contributed by atoms with Crippen molar-refractivity contribution >= 4 is 0 Å². The van der Waals surface area contributed by atoms with Gasteiger partial charge in [-0.15, -0.1) is 0 Å². The molecule has 2 rings (SSSR count). The quantitative estimate of drug-likeness (QED) is 0.804. The molecule has 0 atom stereocenters. The third-order valence-corrected chi connectivity index (χ3v) is 2.43. The Morgan fingerprint density at radius 1 is 1.37 bits per heavy atom. The minimum atomic E-state index is -4.67. The summed E-state index contributed by atoms with van der Waals surface area (Å²) in [5, 5.41) is 3.77. The van der Waals surface area contributed by atoms with Crippen LogP contribution in [0.25, 0.3) is 5.69 Å². The van der Waals surface area contributed by atoms with Gasteiger partial charge in [-0.05, 0) is 18.2 Å². The molecule has 0 bridgehead atoms. The molecule has 0 aliphatic heterocycles. The first-order chi connectivity index (χ1) is 8.93. The summed E-state index contributed by atoms with van der Waals surface area (Å²) in [6.45, 7) is 0.0503. The van der Waals surface area contributed by atoms with Crippen LogP contribution in [0.4, 0.5) is 17.6 Å². The first-order valence-electron chi connectivity index (χ1n) is 5.24. The first kappa shape index (κ1) is 13.5. The highest BCUT2D eigenvalue weighted by molar-refractivity contribution is 5.43. The van der Waals surface area contributed by atoms with Crippen LogP contribution in [0.5, 0.6) is 0 Å². The smallest absolute Gasteiger partial charge is 0.378 e. The average molecular weight is 273 g/mol. The summed E-state index contributed by atoms with van der Waals surface area (Å²) < 4.78 is 57.6. The molecule has 1 radical (unpaired) electrons. The van der Waals surface area contributed by atoms with Gasteiger partial charge in [-0.25, -0.2) is 9.07 Å². The molecule has 0 aliphatic carbocycles. The summed E-state index contributed by atoms with van der Waals surface area (Å²) in [6.07, 6.45) is -3.44. The molecule has 2 aromatic rings. The first-order valence-corrected chi connectivity index (χ1v) is 5.24. The van der Waals surface area contributed by atoms with Crippen LogP contribution in [0.2, 0.25) is 0 Å². The van der Waals surface area contributed by atoms with Crippen LogP contribution in [0, 0.1) is 11.9 Å². The lowest BCUT2D eigenvalue weighted by Crippen LogP contribution is -2.13. The molecule has 0 unspecified atom stereocenters. The van der Waals surface area contributed by atoms with E-state index in [0.717, 1.165) is 16.8 Å². The lowest BCUT2D eigenvalue weighted by atomic mass is 10.1. The molecule has 0 saturated carbocycles. The van der Waals surface area contributed by atoms with Crippen LogP contribution < -0.4 is 0 Å². The standard InChI is InChI=1S/C12H9F4N2O/c1-19-7-9-4-5-17-18(9)11-3-2-8(13)6-10(11)12(14,15)16/h2-3,5-6H,7H2,1H3. The Labute approximate surface area is 106 Å². The van der Waals surface area contributed by atoms with Crippen molar-refractivity contribution in [3.05, 3.63) is 47.5 Å². The summed E-state index contributed by atoms with van der Waals surface area (Å²) in [5.41, 5.74) is -1.04. The highest BCUT2D eigenvalue weighted by Gasteiger charge is 2.35. The lowest BCUT2D eigenvalue weighted by molar-refractivity contribution is -0.137. The largest absolute Gasteiger partial charge is 0.418 e. The number of aromatic nitrogens is 2. The molecule has 0 amide bonds. The predicted molar refractivity (Wildman–Crippen MR) is 58.1 cm³/mol. The van der Waals surface area contributed by atoms with E-state index in [2.05, 4.69) is 11.2 Å². The number of hydrogen-bond acceptors (Lipinski definition) is 2. The molecule has 0 fully saturated rings. The van der Waals surface area contributed by atoms with Crippen molar-refractivity contribution in [1.82, 2.24) is 9.78 Å². The summed E-state index contributed by atoms with van der Waals surface area (Å²) in [4.78, 5) is 0. The van der Waals surface area contributed by atoms with Crippen molar-refractivity contribution in [3.8, 4) is 5.69 Å². The van der Waals surface area contributed by atoms with Gasteiger partial charge >= 0.3 is 6.18 Å². The second-order valence-electron chi connectivity index (χ2n) is 3.74. The molecule has 3 nitrogen and oxygen atoms in total. The molecule has 7 heteroatoms. The number of halogens is 4. The topological polar surface area (TPSA) is 27.1 Å². The molecular formula is C12H9F4N2O. The van der Waals surface area contributed by atoms with Crippen molar-refractivity contribution in [3.63, 3.8) is 0 Å². The second kappa shape index (κ2) is 5.00. The van der Waals surface area contributed by atoms with E-state index in [0.29, 0.717) is 11.8 Å². The van der Waals surface area contributed by atoms with E-state index in [-0.39, 0.29) is 12.3 Å². The van der Waals surface area contributed by atoms with Crippen LogP contribution in [0.1, 0.15) is 11.3 Å². The Balaban J connectivity index is 2.58. The molecule has 0 aliphatic rings. The minimum absolute atomic E-state index is 0.0503. The molecule has 101 valence electrons. The molecule has 0 spiro atoms. The monoisotopic (exact) mass is 273 g/mol. The zero-order valence-electron chi connectivity index (χ0n) is 9.83. The molecule has 0 N–H and O–H groups in total. The van der Waals surface area contributed by atoms with Gasteiger partial charge in [0.05, 0.1) is 29.7 Å². The average Bonchev–Trinajstić information content (AvgIpc) is 2.76. The van der Waals surface area contributed by atoms with Crippen molar-refractivity contribution < 1.29 is 22.3 Å². The molecule has 19 heavy (non-hydrogen) atoms. The molecule has 1 aromatic heterocycles. The summed E-state index contributed by atoms with van der Waals surface area (Å²) in [7, 11) is 1.40. The number of nitrogens with zero attached hydrogens (tertiary/aromatic N) is 2. The third kappa shape index (κ3) is 2.76. The molecular weight excluding hydrogens is 264 g/mol. The van der Waals surface area contributed by atoms with Gasteiger partial charge in [0, 0.05) is 13.2 Å². The van der Waals surface area contributed by atoms with E-state index >= 15 is 0 Å². The van der Waals surface area contributed by atoms with E-state index in [1.807, 2.05) is 0 Å². The fourth-order valence-electron chi connectivity index (χ4n) is 1.66. The van der Waals surface area contributed by atoms with Gasteiger partial charge < -0.3 is 4.74 Å². The molecule has 0 saturated heterocycles. The van der Waals surface area contributed by atoms with Crippen LogP contribution in [0.15, 0.2) is 24.4 Å². The van der Waals surface area contributed by atoms with E-state index in [1.54, 1.807) is 0 Å². The van der Waals surface area contributed by atoms with E-state index < -0.39 is 17.6 Å². The number of methoxy groups -OCH3 is 1. The lowest BCUT2D eigenvalue weighted by Gasteiger charge is -2.14. The van der Waals surface area contributed by atoms with Crippen LogP contribution in [-0.2, 0) is 17.5 Å². The Hall–Kier alpha value is -1.89. The Morgan fingerprint density at radius 2 is 2.11 bits per heavy atom. The van der Waals surface area contributed by atoms with Gasteiger partial charge in [-0.1, -0.05) is 0 Å². The van der Waals surface area contributed by atoms with Crippen molar-refractivity contribution in [1.29, 1.82) is 0 Å². The zero-order chi connectivity index (χ0) is 14.0. The predicted octanol–water partition coefficient (Wildman–Crippen LogP) is 2.98. The van der Waals surface area contributed by atoms with Crippen molar-refractivity contribution in [2.45, 2.75) is 12.8 Å². The maximum absolute atomic E-state index is 13.0. The zero-order valence-corrected chi connectivity index (χ0v) is 9.83. The number of hydrogen-bond donors (Lipinski definition) is 0. The fraction of sp³-hybridized carbons (Fsp3) is 0.250. The molecule has 1 heterocycles. The second-order valence-corrected chi connectivity index (χ2v) is 3.74. The number of alkyl halides is 3. The number of ether oxygens (including phenoxy) is 1. The van der Waals surface area contributed by atoms with Gasteiger partial charge in [-0.3, -0.25) is 0 Å². The Bertz CT molecular complexity index is 577. The van der Waals surface area contributed by atoms with Crippen LogP contribution in [0.3, 0.4) is 0 Å². The van der Waals surface area contributed by atoms with E-state index in [9.17, 15) is 17.6 Å². The van der Waals surface area contributed by atoms with Crippen LogP contribution >= 0.6 is 0 Å². The SMILES string of the molecule is COCc1[c]cnn1-c1ccc(F)cc1C(F)(F)F. The summed E-state index contributed by atoms with van der Waals surface area (Å²) in [5.74, 6) is -0.958. The summed E-state index contributed by atoms with van der Waals surface area (Å²) >= 11 is 0. The number of rotatable bonds is 3. The molecule has 1 aromatic carbocycles. The van der Waals surface area contributed by atoms with Crippen molar-refractivity contribution in [2.24, 2.45) is 0 Å². The maximum atomic E-state index is 13.0. The minimum Gasteiger partial charge on any atom is -0.378 e. The number of benzene rings is 1. The third-order valence-electron chi connectivity index (χ3n) is 2.43. The Morgan fingerprint density at radius 3 is 2.74 bits per heavy atom. The maximum Gasteiger partial charge on any atom is 0.418 e. The van der Waals surface area contributed by atoms with Gasteiger partial charge in [0.15, 0.2) is 0 Å². The van der Waals surface area contributed by atoms with E-state index in [1.165, 1.54) is 13.3 Å². The van der Waals surface area contributed by atoms with Gasteiger partial charge in [0.25, 0.3) is 0 Å². The highest BCUT2D eigenvalue weighted by atomic mass is 19.4. The van der Waals surface area contributed by atoms with Gasteiger partial charge in [0.1, 0.15) is 5.82 Å². The Kier molecular flexibility index (Phi) is 3.57. The van der Waals surface area contributed by atoms with E-state index in [4.69, 9.17) is 4.74 Å². The van der Waals surface area contributed by atoms with Gasteiger partial charge in [0.2, 0.25) is 0 Å². The van der Waals surface area contributed by atoms with Crippen molar-refractivity contribution in [2.75, 3.05) is 7.11 Å². The normalized spacial score (nSPS) is 11.8.